The second kappa shape index (κ2) is 13.6. The quantitative estimate of drug-likeness (QED) is 0.236. The Balaban J connectivity index is 0.00000265. The molecule has 33 heavy (non-hydrogen) atoms. The number of halogens is 1. The molecule has 0 spiro atoms. The molecule has 1 amide bonds. The van der Waals surface area contributed by atoms with Crippen LogP contribution in [0, 0.1) is 0 Å². The van der Waals surface area contributed by atoms with Crippen LogP contribution in [0.3, 0.4) is 0 Å². The molecule has 0 aliphatic heterocycles. The van der Waals surface area contributed by atoms with Crippen LogP contribution in [0.1, 0.15) is 36.3 Å². The zero-order chi connectivity index (χ0) is 25.1. The number of rotatable bonds is 11. The van der Waals surface area contributed by atoms with E-state index in [0.29, 0.717) is 16.8 Å². The first kappa shape index (κ1) is 28.9. The van der Waals surface area contributed by atoms with Gasteiger partial charge >= 0.3 is 0 Å². The van der Waals surface area contributed by atoms with Gasteiger partial charge in [0, 0.05) is 25.0 Å². The minimum absolute atomic E-state index is 0.00768. The van der Waals surface area contributed by atoms with Crippen molar-refractivity contribution in [2.75, 3.05) is 58.0 Å². The summed E-state index contributed by atoms with van der Waals surface area (Å²) in [4.78, 5) is 20.0. The van der Waals surface area contributed by atoms with Gasteiger partial charge in [0.1, 0.15) is 0 Å². The summed E-state index contributed by atoms with van der Waals surface area (Å²) >= 11 is 5.83. The van der Waals surface area contributed by atoms with Crippen LogP contribution in [0.4, 0.5) is 11.6 Å². The predicted molar refractivity (Wildman–Crippen MR) is 140 cm³/mol. The SMILES string of the molecule is CC.C[N+](C)(CCCNS(C)(O)Cc1ccccc1)CCNC(=O)c1nc(Cl)c(N)nc1N. The average Bonchev–Trinajstić information content (AvgIpc) is 2.75. The molecule has 1 atom stereocenters. The summed E-state index contributed by atoms with van der Waals surface area (Å²) in [6, 6.07) is 9.97. The van der Waals surface area contributed by atoms with E-state index in [2.05, 4.69) is 34.1 Å². The second-order valence-corrected chi connectivity index (χ2v) is 11.2. The van der Waals surface area contributed by atoms with E-state index < -0.39 is 16.4 Å². The molecule has 1 aromatic carbocycles. The van der Waals surface area contributed by atoms with Crippen molar-refractivity contribution in [3.05, 3.63) is 46.7 Å². The number of nitrogens with two attached hydrogens (primary N) is 2. The molecular weight excluding hydrogens is 462 g/mol. The molecule has 0 saturated heterocycles. The Bertz CT molecular complexity index is 883. The Kier molecular flexibility index (Phi) is 11.9. The van der Waals surface area contributed by atoms with Gasteiger partial charge in [-0.2, -0.15) is 0 Å². The lowest BCUT2D eigenvalue weighted by Crippen LogP contribution is -2.46. The van der Waals surface area contributed by atoms with Crippen LogP contribution in [0.25, 0.3) is 0 Å². The molecule has 2 rings (SSSR count). The van der Waals surface area contributed by atoms with Crippen molar-refractivity contribution in [2.45, 2.75) is 26.0 Å². The summed E-state index contributed by atoms with van der Waals surface area (Å²) in [7, 11) is 2.31. The van der Waals surface area contributed by atoms with Crippen molar-refractivity contribution in [1.29, 1.82) is 0 Å². The summed E-state index contributed by atoms with van der Waals surface area (Å²) in [5.74, 6) is 0.129. The number of nitrogen functional groups attached to an aromatic ring is 2. The summed E-state index contributed by atoms with van der Waals surface area (Å²) in [6.07, 6.45) is 2.76. The zero-order valence-corrected chi connectivity index (χ0v) is 21.8. The van der Waals surface area contributed by atoms with Gasteiger partial charge in [0.2, 0.25) is 0 Å². The van der Waals surface area contributed by atoms with E-state index in [-0.39, 0.29) is 22.5 Å². The summed E-state index contributed by atoms with van der Waals surface area (Å²) < 4.78 is 14.7. The molecule has 186 valence electrons. The minimum Gasteiger partial charge on any atom is -0.382 e. The molecule has 1 heterocycles. The fourth-order valence-electron chi connectivity index (χ4n) is 3.03. The summed E-state index contributed by atoms with van der Waals surface area (Å²) in [6.45, 7) is 6.77. The Morgan fingerprint density at radius 3 is 2.36 bits per heavy atom. The smallest absolute Gasteiger partial charge is 0.273 e. The van der Waals surface area contributed by atoms with E-state index in [0.717, 1.165) is 31.6 Å². The van der Waals surface area contributed by atoms with Crippen LogP contribution in [-0.4, -0.2) is 71.4 Å². The van der Waals surface area contributed by atoms with Crippen molar-refractivity contribution in [1.82, 2.24) is 20.0 Å². The van der Waals surface area contributed by atoms with Gasteiger partial charge in [0.25, 0.3) is 5.91 Å². The number of quaternary nitrogens is 1. The molecule has 0 fully saturated rings. The summed E-state index contributed by atoms with van der Waals surface area (Å²) in [5.41, 5.74) is 12.3. The zero-order valence-electron chi connectivity index (χ0n) is 20.3. The number of nitrogens with zero attached hydrogens (tertiary/aromatic N) is 3. The monoisotopic (exact) mass is 500 g/mol. The fourth-order valence-corrected chi connectivity index (χ4v) is 4.68. The van der Waals surface area contributed by atoms with E-state index in [4.69, 9.17) is 23.1 Å². The van der Waals surface area contributed by atoms with Gasteiger partial charge in [-0.1, -0.05) is 66.3 Å². The number of anilines is 2. The molecule has 0 bridgehead atoms. The maximum Gasteiger partial charge on any atom is 0.273 e. The van der Waals surface area contributed by atoms with Crippen molar-refractivity contribution in [3.63, 3.8) is 0 Å². The second-order valence-electron chi connectivity index (χ2n) is 8.19. The number of benzene rings is 1. The Labute approximate surface area is 204 Å². The van der Waals surface area contributed by atoms with Gasteiger partial charge in [0.05, 0.1) is 33.7 Å². The van der Waals surface area contributed by atoms with E-state index in [1.807, 2.05) is 50.4 Å². The highest BCUT2D eigenvalue weighted by Crippen LogP contribution is 2.38. The number of hydrogen-bond donors (Lipinski definition) is 5. The highest BCUT2D eigenvalue weighted by Gasteiger charge is 2.19. The van der Waals surface area contributed by atoms with Crippen LogP contribution >= 0.6 is 22.1 Å². The molecule has 2 aromatic rings. The minimum atomic E-state index is -1.88. The third kappa shape index (κ3) is 10.6. The Morgan fingerprint density at radius 1 is 1.09 bits per heavy atom. The van der Waals surface area contributed by atoms with E-state index in [1.54, 1.807) is 0 Å². The predicted octanol–water partition coefficient (Wildman–Crippen LogP) is 3.13. The van der Waals surface area contributed by atoms with Crippen molar-refractivity contribution in [3.8, 4) is 0 Å². The number of likely N-dealkylation sites (N-methyl/N-ethyl adjacent to an activating group) is 1. The molecule has 0 saturated carbocycles. The van der Waals surface area contributed by atoms with Crippen LogP contribution in [0.5, 0.6) is 0 Å². The summed E-state index contributed by atoms with van der Waals surface area (Å²) in [5, 5.41) is 2.75. The molecule has 7 N–H and O–H groups in total. The van der Waals surface area contributed by atoms with Crippen LogP contribution in [-0.2, 0) is 5.75 Å². The lowest BCUT2D eigenvalue weighted by molar-refractivity contribution is -0.889. The number of carbonyl (C=O) groups is 1. The lowest BCUT2D eigenvalue weighted by atomic mass is 10.2. The lowest BCUT2D eigenvalue weighted by Gasteiger charge is -2.33. The van der Waals surface area contributed by atoms with Gasteiger partial charge in [0.15, 0.2) is 22.5 Å². The Morgan fingerprint density at radius 2 is 1.73 bits per heavy atom. The molecule has 1 aromatic heterocycles. The molecule has 0 radical (unpaired) electrons. The number of nitrogens with one attached hydrogen (secondary N) is 2. The highest BCUT2D eigenvalue weighted by molar-refractivity contribution is 8.26. The largest absolute Gasteiger partial charge is 0.382 e. The molecule has 0 aliphatic rings. The van der Waals surface area contributed by atoms with E-state index in [9.17, 15) is 9.35 Å². The van der Waals surface area contributed by atoms with Gasteiger partial charge < -0.3 is 25.8 Å². The molecule has 11 heteroatoms. The first-order valence-electron chi connectivity index (χ1n) is 10.9. The van der Waals surface area contributed by atoms with Crippen LogP contribution in [0.15, 0.2) is 30.3 Å². The van der Waals surface area contributed by atoms with E-state index >= 15 is 0 Å². The molecule has 9 nitrogen and oxygen atoms in total. The van der Waals surface area contributed by atoms with Gasteiger partial charge in [-0.3, -0.25) is 9.52 Å². The number of carbonyl (C=O) groups excluding carboxylic acids is 1. The van der Waals surface area contributed by atoms with Gasteiger partial charge in [-0.25, -0.2) is 9.97 Å². The Hall–Kier alpha value is -2.11. The molecular formula is C22H39ClN7O2S+. The van der Waals surface area contributed by atoms with Crippen molar-refractivity contribution in [2.24, 2.45) is 0 Å². The third-order valence-electron chi connectivity index (χ3n) is 4.77. The fraction of sp³-hybridized carbons (Fsp3) is 0.500. The first-order chi connectivity index (χ1) is 15.5. The number of hydrogen-bond acceptors (Lipinski definition) is 7. The highest BCUT2D eigenvalue weighted by atomic mass is 35.5. The topological polar surface area (TPSA) is 139 Å². The van der Waals surface area contributed by atoms with Gasteiger partial charge in [-0.15, -0.1) is 0 Å². The molecule has 1 unspecified atom stereocenters. The van der Waals surface area contributed by atoms with Crippen LogP contribution < -0.4 is 21.5 Å². The average molecular weight is 501 g/mol. The number of amides is 1. The van der Waals surface area contributed by atoms with Crippen molar-refractivity contribution < 1.29 is 13.8 Å². The van der Waals surface area contributed by atoms with Gasteiger partial charge in [-0.05, 0) is 5.56 Å². The maximum absolute atomic E-state index is 12.3. The standard InChI is InChI=1S/C20H32ClN7O2S.C2H6/c1-28(2,12-7-10-25-31(3,30)14-15-8-5-4-6-9-15)13-11-24-20(29)16-18(22)27-19(23)17(21)26-16;1-2/h4-6,8-9,25H,7,10-14H2,1-3H3,(H5-,22,23,24,27,29,30);1-2H3/p+1. The molecule has 0 aliphatic carbocycles. The first-order valence-corrected chi connectivity index (χ1v) is 13.5. The maximum atomic E-state index is 12.3. The third-order valence-corrected chi connectivity index (χ3v) is 6.77. The number of aromatic nitrogens is 2. The van der Waals surface area contributed by atoms with E-state index in [1.165, 1.54) is 0 Å². The van der Waals surface area contributed by atoms with Crippen molar-refractivity contribution >= 4 is 39.6 Å². The van der Waals surface area contributed by atoms with Crippen LogP contribution in [0.2, 0.25) is 5.15 Å². The normalized spacial score (nSPS) is 13.9.